The molecule has 0 aliphatic rings. The standard InChI is InChI=1S/C23H17ClN4O3S/c24-16-8-9-18-19(12-16)25-23(28(22(18)29)13-17-7-4-10-30-17)32-14-21-27-26-20(31-21)11-15-5-2-1-3-6-15/h1-10,12H,11,13-14H2. The van der Waals surface area contributed by atoms with E-state index in [1.54, 1.807) is 35.1 Å². The molecule has 3 aromatic heterocycles. The molecule has 2 aromatic carbocycles. The lowest BCUT2D eigenvalue weighted by Gasteiger charge is -2.11. The van der Waals surface area contributed by atoms with Gasteiger partial charge in [-0.15, -0.1) is 10.2 Å². The zero-order valence-corrected chi connectivity index (χ0v) is 18.3. The van der Waals surface area contributed by atoms with E-state index in [1.807, 2.05) is 36.4 Å². The van der Waals surface area contributed by atoms with E-state index in [1.165, 1.54) is 11.8 Å². The highest BCUT2D eigenvalue weighted by atomic mass is 35.5. The van der Waals surface area contributed by atoms with Gasteiger partial charge in [0.1, 0.15) is 5.76 Å². The van der Waals surface area contributed by atoms with Crippen molar-refractivity contribution in [3.63, 3.8) is 0 Å². The number of hydrogen-bond acceptors (Lipinski definition) is 7. The minimum atomic E-state index is -0.166. The molecule has 0 fully saturated rings. The molecule has 5 aromatic rings. The Kier molecular flexibility index (Phi) is 5.79. The predicted octanol–water partition coefficient (Wildman–Crippen LogP) is 4.96. The predicted molar refractivity (Wildman–Crippen MR) is 122 cm³/mol. The summed E-state index contributed by atoms with van der Waals surface area (Å²) in [6.07, 6.45) is 2.14. The van der Waals surface area contributed by atoms with Gasteiger partial charge < -0.3 is 8.83 Å². The van der Waals surface area contributed by atoms with Crippen LogP contribution in [0.15, 0.2) is 85.7 Å². The van der Waals surface area contributed by atoms with Gasteiger partial charge in [-0.2, -0.15) is 0 Å². The second-order valence-corrected chi connectivity index (χ2v) is 8.45. The Morgan fingerprint density at radius 3 is 2.66 bits per heavy atom. The van der Waals surface area contributed by atoms with E-state index in [-0.39, 0.29) is 12.1 Å². The summed E-state index contributed by atoms with van der Waals surface area (Å²) in [5, 5.41) is 9.81. The Hall–Kier alpha value is -3.36. The van der Waals surface area contributed by atoms with Gasteiger partial charge >= 0.3 is 0 Å². The average molecular weight is 465 g/mol. The van der Waals surface area contributed by atoms with E-state index in [9.17, 15) is 4.79 Å². The van der Waals surface area contributed by atoms with Crippen molar-refractivity contribution in [1.82, 2.24) is 19.7 Å². The third-order valence-corrected chi connectivity index (χ3v) is 6.00. The van der Waals surface area contributed by atoms with Crippen molar-refractivity contribution in [1.29, 1.82) is 0 Å². The molecule has 0 saturated heterocycles. The second-order valence-electron chi connectivity index (χ2n) is 7.07. The van der Waals surface area contributed by atoms with Crippen molar-refractivity contribution in [3.8, 4) is 0 Å². The zero-order valence-electron chi connectivity index (χ0n) is 16.8. The van der Waals surface area contributed by atoms with Crippen molar-refractivity contribution >= 4 is 34.3 Å². The van der Waals surface area contributed by atoms with Crippen LogP contribution in [0.2, 0.25) is 5.02 Å². The summed E-state index contributed by atoms with van der Waals surface area (Å²) in [4.78, 5) is 17.9. The van der Waals surface area contributed by atoms with Crippen LogP contribution in [0.4, 0.5) is 0 Å². The number of nitrogens with zero attached hydrogens (tertiary/aromatic N) is 4. The van der Waals surface area contributed by atoms with Crippen molar-refractivity contribution in [3.05, 3.63) is 105 Å². The van der Waals surface area contributed by atoms with Gasteiger partial charge in [0.05, 0.1) is 35.9 Å². The van der Waals surface area contributed by atoms with Crippen LogP contribution < -0.4 is 5.56 Å². The SMILES string of the molecule is O=c1c2ccc(Cl)cc2nc(SCc2nnc(Cc3ccccc3)o2)n1Cc1ccco1. The van der Waals surface area contributed by atoms with Crippen LogP contribution in [-0.2, 0) is 18.7 Å². The second kappa shape index (κ2) is 9.02. The molecule has 9 heteroatoms. The van der Waals surface area contributed by atoms with Crippen LogP contribution in [0.25, 0.3) is 10.9 Å². The lowest BCUT2D eigenvalue weighted by atomic mass is 10.2. The minimum absolute atomic E-state index is 0.166. The van der Waals surface area contributed by atoms with Crippen LogP contribution in [0.1, 0.15) is 23.1 Å². The number of halogens is 1. The first-order valence-corrected chi connectivity index (χ1v) is 11.2. The summed E-state index contributed by atoms with van der Waals surface area (Å²) in [5.41, 5.74) is 1.47. The summed E-state index contributed by atoms with van der Waals surface area (Å²) in [6.45, 7) is 0.267. The van der Waals surface area contributed by atoms with Gasteiger partial charge in [0.25, 0.3) is 5.56 Å². The maximum absolute atomic E-state index is 13.2. The molecule has 0 bridgehead atoms. The van der Waals surface area contributed by atoms with E-state index in [0.29, 0.717) is 50.8 Å². The van der Waals surface area contributed by atoms with Crippen LogP contribution in [0.3, 0.4) is 0 Å². The molecule has 5 rings (SSSR count). The molecule has 3 heterocycles. The Labute approximate surface area is 192 Å². The van der Waals surface area contributed by atoms with E-state index in [0.717, 1.165) is 5.56 Å². The van der Waals surface area contributed by atoms with Crippen LogP contribution >= 0.6 is 23.4 Å². The van der Waals surface area contributed by atoms with E-state index < -0.39 is 0 Å². The molecule has 0 unspecified atom stereocenters. The summed E-state index contributed by atoms with van der Waals surface area (Å²) in [6, 6.07) is 18.6. The first kappa shape index (κ1) is 20.5. The lowest BCUT2D eigenvalue weighted by molar-refractivity contribution is 0.471. The largest absolute Gasteiger partial charge is 0.467 e. The number of fused-ring (bicyclic) bond motifs is 1. The topological polar surface area (TPSA) is 87.0 Å². The molecule has 0 aliphatic heterocycles. The molecule has 0 spiro atoms. The van der Waals surface area contributed by atoms with Crippen LogP contribution in [0, 0.1) is 0 Å². The van der Waals surface area contributed by atoms with Crippen LogP contribution in [0.5, 0.6) is 0 Å². The highest BCUT2D eigenvalue weighted by Crippen LogP contribution is 2.24. The fraction of sp³-hybridized carbons (Fsp3) is 0.130. The molecular weight excluding hydrogens is 448 g/mol. The van der Waals surface area contributed by atoms with Gasteiger partial charge in [-0.05, 0) is 35.9 Å². The van der Waals surface area contributed by atoms with Gasteiger partial charge in [0, 0.05) is 5.02 Å². The fourth-order valence-electron chi connectivity index (χ4n) is 3.30. The molecule has 0 saturated carbocycles. The monoisotopic (exact) mass is 464 g/mol. The summed E-state index contributed by atoms with van der Waals surface area (Å²) < 4.78 is 12.8. The molecule has 0 amide bonds. The molecule has 7 nitrogen and oxygen atoms in total. The Morgan fingerprint density at radius 2 is 1.84 bits per heavy atom. The number of thioether (sulfide) groups is 1. The van der Waals surface area contributed by atoms with Crippen molar-refractivity contribution in [2.45, 2.75) is 23.9 Å². The van der Waals surface area contributed by atoms with Gasteiger partial charge in [-0.3, -0.25) is 9.36 Å². The van der Waals surface area contributed by atoms with Crippen molar-refractivity contribution in [2.24, 2.45) is 0 Å². The normalized spacial score (nSPS) is 11.3. The number of furan rings is 1. The Balaban J connectivity index is 1.42. The van der Waals surface area contributed by atoms with Gasteiger partial charge in [0.15, 0.2) is 5.16 Å². The summed E-state index contributed by atoms with van der Waals surface area (Å²) in [7, 11) is 0. The van der Waals surface area contributed by atoms with Gasteiger partial charge in [-0.1, -0.05) is 53.7 Å². The molecule has 0 radical (unpaired) electrons. The highest BCUT2D eigenvalue weighted by Gasteiger charge is 2.15. The quantitative estimate of drug-likeness (QED) is 0.248. The van der Waals surface area contributed by atoms with Crippen molar-refractivity contribution < 1.29 is 8.83 Å². The molecular formula is C23H17ClN4O3S. The molecule has 0 N–H and O–H groups in total. The Bertz CT molecular complexity index is 1410. The molecule has 160 valence electrons. The molecule has 0 aliphatic carbocycles. The van der Waals surface area contributed by atoms with E-state index in [2.05, 4.69) is 15.2 Å². The number of hydrogen-bond donors (Lipinski definition) is 0. The highest BCUT2D eigenvalue weighted by molar-refractivity contribution is 7.98. The van der Waals surface area contributed by atoms with Gasteiger partial charge in [-0.25, -0.2) is 4.98 Å². The maximum atomic E-state index is 13.2. The van der Waals surface area contributed by atoms with Crippen molar-refractivity contribution in [2.75, 3.05) is 0 Å². The van der Waals surface area contributed by atoms with Gasteiger partial charge in [0.2, 0.25) is 11.8 Å². The lowest BCUT2D eigenvalue weighted by Crippen LogP contribution is -2.23. The first-order valence-electron chi connectivity index (χ1n) is 9.86. The van der Waals surface area contributed by atoms with E-state index in [4.69, 9.17) is 20.4 Å². The average Bonchev–Trinajstić information content (AvgIpc) is 3.47. The zero-order chi connectivity index (χ0) is 21.9. The smallest absolute Gasteiger partial charge is 0.262 e. The Morgan fingerprint density at radius 1 is 1.00 bits per heavy atom. The number of benzene rings is 2. The third-order valence-electron chi connectivity index (χ3n) is 4.81. The summed E-state index contributed by atoms with van der Waals surface area (Å²) >= 11 is 7.46. The fourth-order valence-corrected chi connectivity index (χ4v) is 4.30. The third kappa shape index (κ3) is 4.46. The minimum Gasteiger partial charge on any atom is -0.467 e. The number of rotatable bonds is 7. The molecule has 0 atom stereocenters. The first-order chi connectivity index (χ1) is 15.7. The maximum Gasteiger partial charge on any atom is 0.262 e. The molecule has 32 heavy (non-hydrogen) atoms. The van der Waals surface area contributed by atoms with E-state index >= 15 is 0 Å². The summed E-state index contributed by atoms with van der Waals surface area (Å²) in [5.74, 6) is 2.04. The number of aromatic nitrogens is 4. The van der Waals surface area contributed by atoms with Crippen LogP contribution in [-0.4, -0.2) is 19.7 Å².